The van der Waals surface area contributed by atoms with Gasteiger partial charge in [0.1, 0.15) is 0 Å². The van der Waals surface area contributed by atoms with E-state index >= 15 is 0 Å². The average molecular weight is 336 g/mol. The minimum atomic E-state index is -0.433. The van der Waals surface area contributed by atoms with Crippen LogP contribution in [0.3, 0.4) is 0 Å². The molecule has 0 unspecified atom stereocenters. The molecule has 6 heteroatoms. The summed E-state index contributed by atoms with van der Waals surface area (Å²) in [5, 5.41) is 22.8. The SMILES string of the molecule is O=C(c1cccc[n+]1[O-])[C@H]1[C@H](c2ccc([N+](=O)[O-])cc2)[C@H]2C=C[C@@H]1C2. The fourth-order valence-electron chi connectivity index (χ4n) is 4.24. The van der Waals surface area contributed by atoms with Gasteiger partial charge in [0, 0.05) is 36.1 Å². The maximum absolute atomic E-state index is 13.1. The Labute approximate surface area is 144 Å². The second-order valence-electron chi connectivity index (χ2n) is 6.62. The molecule has 1 aromatic heterocycles. The quantitative estimate of drug-likeness (QED) is 0.214. The Morgan fingerprint density at radius 1 is 1.08 bits per heavy atom. The number of Topliss-reactive ketones (excluding diaryl/α,β-unsaturated/α-hetero) is 1. The van der Waals surface area contributed by atoms with E-state index in [9.17, 15) is 20.1 Å². The molecule has 1 saturated carbocycles. The molecule has 2 aliphatic carbocycles. The van der Waals surface area contributed by atoms with Crippen molar-refractivity contribution in [3.63, 3.8) is 0 Å². The second kappa shape index (κ2) is 5.81. The van der Waals surface area contributed by atoms with Crippen molar-refractivity contribution >= 4 is 11.5 Å². The number of hydrogen-bond acceptors (Lipinski definition) is 4. The number of ketones is 1. The van der Waals surface area contributed by atoms with Crippen molar-refractivity contribution in [2.45, 2.75) is 12.3 Å². The molecule has 1 aromatic carbocycles. The number of carbonyl (C=O) groups excluding carboxylic acids is 1. The predicted octanol–water partition coefficient (Wildman–Crippen LogP) is 3.02. The molecule has 2 aliphatic rings. The van der Waals surface area contributed by atoms with Gasteiger partial charge in [0.05, 0.1) is 4.92 Å². The maximum atomic E-state index is 13.1. The van der Waals surface area contributed by atoms with E-state index in [2.05, 4.69) is 12.2 Å². The number of carbonyl (C=O) groups is 1. The lowest BCUT2D eigenvalue weighted by Crippen LogP contribution is -2.38. The summed E-state index contributed by atoms with van der Waals surface area (Å²) in [4.78, 5) is 23.5. The van der Waals surface area contributed by atoms with Gasteiger partial charge in [-0.15, -0.1) is 0 Å². The van der Waals surface area contributed by atoms with Gasteiger partial charge >= 0.3 is 0 Å². The van der Waals surface area contributed by atoms with E-state index < -0.39 is 4.92 Å². The number of allylic oxidation sites excluding steroid dienone is 2. The molecule has 25 heavy (non-hydrogen) atoms. The van der Waals surface area contributed by atoms with Crippen molar-refractivity contribution in [1.29, 1.82) is 0 Å². The lowest BCUT2D eigenvalue weighted by Gasteiger charge is -2.26. The Balaban J connectivity index is 1.71. The molecule has 0 spiro atoms. The van der Waals surface area contributed by atoms with Crippen LogP contribution in [-0.2, 0) is 0 Å². The minimum absolute atomic E-state index is 0.0331. The maximum Gasteiger partial charge on any atom is 0.269 e. The van der Waals surface area contributed by atoms with E-state index in [0.717, 1.165) is 12.0 Å². The summed E-state index contributed by atoms with van der Waals surface area (Å²) in [6, 6.07) is 11.2. The van der Waals surface area contributed by atoms with Crippen molar-refractivity contribution in [1.82, 2.24) is 0 Å². The first-order valence-electron chi connectivity index (χ1n) is 8.21. The number of nitro benzene ring substituents is 1. The van der Waals surface area contributed by atoms with Crippen LogP contribution in [0.1, 0.15) is 28.4 Å². The van der Waals surface area contributed by atoms with Crippen LogP contribution < -0.4 is 4.73 Å². The molecule has 2 aromatic rings. The Morgan fingerprint density at radius 2 is 1.80 bits per heavy atom. The molecule has 0 aliphatic heterocycles. The highest BCUT2D eigenvalue weighted by Gasteiger charge is 2.50. The van der Waals surface area contributed by atoms with Gasteiger partial charge in [-0.3, -0.25) is 14.9 Å². The van der Waals surface area contributed by atoms with Gasteiger partial charge in [-0.25, -0.2) is 0 Å². The van der Waals surface area contributed by atoms with Crippen LogP contribution in [0, 0.1) is 33.1 Å². The van der Waals surface area contributed by atoms with Crippen LogP contribution in [0.5, 0.6) is 0 Å². The molecule has 6 nitrogen and oxygen atoms in total. The van der Waals surface area contributed by atoms with Crippen molar-refractivity contribution < 1.29 is 14.4 Å². The normalized spacial score (nSPS) is 26.7. The number of fused-ring (bicyclic) bond motifs is 2. The van der Waals surface area contributed by atoms with Crippen LogP contribution in [0.25, 0.3) is 0 Å². The molecule has 0 radical (unpaired) electrons. The fraction of sp³-hybridized carbons (Fsp3) is 0.263. The standard InChI is InChI=1S/C19H16N2O4/c22-19(16-3-1-2-10-20(16)23)18-14-5-4-13(11-14)17(18)12-6-8-15(9-7-12)21(24)25/h1-10,13-14,17-18H,11H2/t13-,14+,17+,18+/m0/s1. The number of aromatic nitrogens is 1. The predicted molar refractivity (Wildman–Crippen MR) is 89.8 cm³/mol. The monoisotopic (exact) mass is 336 g/mol. The Bertz CT molecular complexity index is 875. The molecule has 0 N–H and O–H groups in total. The lowest BCUT2D eigenvalue weighted by molar-refractivity contribution is -0.607. The van der Waals surface area contributed by atoms with E-state index in [4.69, 9.17) is 0 Å². The van der Waals surface area contributed by atoms with Gasteiger partial charge in [-0.2, -0.15) is 4.73 Å². The molecule has 126 valence electrons. The van der Waals surface area contributed by atoms with E-state index in [0.29, 0.717) is 4.73 Å². The number of nitro groups is 1. The van der Waals surface area contributed by atoms with Crippen molar-refractivity contribution in [2.75, 3.05) is 0 Å². The number of non-ortho nitro benzene ring substituents is 1. The van der Waals surface area contributed by atoms with Crippen molar-refractivity contribution in [3.8, 4) is 0 Å². The van der Waals surface area contributed by atoms with Crippen LogP contribution >= 0.6 is 0 Å². The van der Waals surface area contributed by atoms with Gasteiger partial charge < -0.3 is 5.21 Å². The van der Waals surface area contributed by atoms with E-state index in [1.165, 1.54) is 18.3 Å². The van der Waals surface area contributed by atoms with Crippen molar-refractivity contribution in [3.05, 3.63) is 87.4 Å². The van der Waals surface area contributed by atoms with Gasteiger partial charge in [-0.05, 0) is 29.9 Å². The molecule has 4 rings (SSSR count). The van der Waals surface area contributed by atoms with E-state index in [1.54, 1.807) is 30.3 Å². The first-order valence-corrected chi connectivity index (χ1v) is 8.21. The molecular weight excluding hydrogens is 320 g/mol. The highest BCUT2D eigenvalue weighted by molar-refractivity contribution is 5.96. The van der Waals surface area contributed by atoms with Crippen LogP contribution in [0.15, 0.2) is 60.8 Å². The molecule has 0 saturated heterocycles. The van der Waals surface area contributed by atoms with E-state index in [1.807, 2.05) is 0 Å². The van der Waals surface area contributed by atoms with Crippen LogP contribution in [0.4, 0.5) is 5.69 Å². The molecule has 2 bridgehead atoms. The summed E-state index contributed by atoms with van der Waals surface area (Å²) in [5.74, 6) is -0.180. The zero-order valence-corrected chi connectivity index (χ0v) is 13.3. The number of pyridine rings is 1. The summed E-state index contributed by atoms with van der Waals surface area (Å²) >= 11 is 0. The topological polar surface area (TPSA) is 87.2 Å². The Hall–Kier alpha value is -3.02. The van der Waals surface area contributed by atoms with Gasteiger partial charge in [0.2, 0.25) is 5.78 Å². The zero-order chi connectivity index (χ0) is 17.6. The molecule has 0 amide bonds. The third-order valence-electron chi connectivity index (χ3n) is 5.33. The second-order valence-corrected chi connectivity index (χ2v) is 6.62. The Kier molecular flexibility index (Phi) is 3.60. The lowest BCUT2D eigenvalue weighted by atomic mass is 9.75. The highest BCUT2D eigenvalue weighted by atomic mass is 16.6. The van der Waals surface area contributed by atoms with Crippen LogP contribution in [0.2, 0.25) is 0 Å². The summed E-state index contributed by atoms with van der Waals surface area (Å²) < 4.78 is 0.616. The number of hydrogen-bond donors (Lipinski definition) is 0. The summed E-state index contributed by atoms with van der Waals surface area (Å²) in [7, 11) is 0. The van der Waals surface area contributed by atoms with E-state index in [-0.39, 0.29) is 40.8 Å². The number of rotatable bonds is 4. The third kappa shape index (κ3) is 2.50. The molecular formula is C19H16N2O4. The average Bonchev–Trinajstić information content (AvgIpc) is 3.23. The smallest absolute Gasteiger partial charge is 0.269 e. The number of benzene rings is 1. The number of nitrogens with zero attached hydrogens (tertiary/aromatic N) is 2. The highest BCUT2D eigenvalue weighted by Crippen LogP contribution is 2.53. The fourth-order valence-corrected chi connectivity index (χ4v) is 4.24. The van der Waals surface area contributed by atoms with Crippen molar-refractivity contribution in [2.24, 2.45) is 17.8 Å². The first kappa shape index (κ1) is 15.5. The molecule has 4 atom stereocenters. The van der Waals surface area contributed by atoms with Gasteiger partial charge in [-0.1, -0.05) is 24.3 Å². The molecule has 1 fully saturated rings. The zero-order valence-electron chi connectivity index (χ0n) is 13.3. The summed E-state index contributed by atoms with van der Waals surface area (Å²) in [6.07, 6.45) is 6.39. The first-order chi connectivity index (χ1) is 12.1. The summed E-state index contributed by atoms with van der Waals surface area (Å²) in [6.45, 7) is 0. The largest absolute Gasteiger partial charge is 0.618 e. The summed E-state index contributed by atoms with van der Waals surface area (Å²) in [5.41, 5.74) is 1.10. The third-order valence-corrected chi connectivity index (χ3v) is 5.33. The molecule has 1 heterocycles. The minimum Gasteiger partial charge on any atom is -0.618 e. The Morgan fingerprint density at radius 3 is 2.48 bits per heavy atom. The van der Waals surface area contributed by atoms with Crippen LogP contribution in [-0.4, -0.2) is 10.7 Å². The van der Waals surface area contributed by atoms with Gasteiger partial charge in [0.25, 0.3) is 11.4 Å². The van der Waals surface area contributed by atoms with Gasteiger partial charge in [0.15, 0.2) is 6.20 Å².